The lowest BCUT2D eigenvalue weighted by Gasteiger charge is -2.22. The lowest BCUT2D eigenvalue weighted by molar-refractivity contribution is -0.142. The fourth-order valence-corrected chi connectivity index (χ4v) is 2.99. The highest BCUT2D eigenvalue weighted by Gasteiger charge is 2.30. The molecule has 0 spiro atoms. The van der Waals surface area contributed by atoms with Gasteiger partial charge in [0.2, 0.25) is 23.6 Å². The number of carbonyl (C=O) groups excluding carboxylic acids is 4. The maximum Gasteiger partial charge on any atom is 0.326 e. The molecule has 1 heterocycles. The van der Waals surface area contributed by atoms with Crippen LogP contribution in [0, 0.1) is 0 Å². The van der Waals surface area contributed by atoms with Crippen LogP contribution in [0.25, 0.3) is 10.9 Å². The molecule has 12 nitrogen and oxygen atoms in total. The number of nitrogens with one attached hydrogen (secondary N) is 3. The second-order valence-corrected chi connectivity index (χ2v) is 6.97. The average molecular weight is 432 g/mol. The van der Waals surface area contributed by atoms with Crippen molar-refractivity contribution >= 4 is 40.5 Å². The van der Waals surface area contributed by atoms with Gasteiger partial charge in [0.15, 0.2) is 0 Å². The van der Waals surface area contributed by atoms with Crippen molar-refractivity contribution in [3.05, 3.63) is 36.0 Å². The second kappa shape index (κ2) is 10.2. The number of nitrogens with two attached hydrogens (primary N) is 3. The Balaban J connectivity index is 2.14. The molecule has 0 saturated carbocycles. The number of H-pyrrole nitrogens is 1. The Morgan fingerprint density at radius 1 is 0.935 bits per heavy atom. The molecule has 0 fully saturated rings. The van der Waals surface area contributed by atoms with E-state index in [2.05, 4.69) is 15.6 Å². The minimum absolute atomic E-state index is 0.0521. The van der Waals surface area contributed by atoms with Gasteiger partial charge in [-0.3, -0.25) is 19.2 Å². The van der Waals surface area contributed by atoms with E-state index < -0.39 is 60.6 Å². The number of hydrogen-bond acceptors (Lipinski definition) is 6. The Morgan fingerprint density at radius 3 is 2.16 bits per heavy atom. The number of primary amides is 2. The van der Waals surface area contributed by atoms with Gasteiger partial charge >= 0.3 is 5.97 Å². The van der Waals surface area contributed by atoms with Crippen LogP contribution in [0.1, 0.15) is 18.4 Å². The number of amides is 4. The van der Waals surface area contributed by atoms with E-state index in [1.54, 1.807) is 18.3 Å². The number of carbonyl (C=O) groups is 5. The summed E-state index contributed by atoms with van der Waals surface area (Å²) in [6, 6.07) is 3.06. The Hall–Kier alpha value is -3.93. The zero-order valence-electron chi connectivity index (χ0n) is 16.5. The quantitative estimate of drug-likeness (QED) is 0.208. The van der Waals surface area contributed by atoms with Crippen LogP contribution in [0.4, 0.5) is 0 Å². The lowest BCUT2D eigenvalue weighted by Crippen LogP contribution is -2.56. The van der Waals surface area contributed by atoms with Crippen molar-refractivity contribution < 1.29 is 29.1 Å². The standard InChI is InChI=1S/C19H24N6O6/c20-11(6-15(21)26)17(28)24-13(7-16(22)27)18(29)25-14(19(30)31)5-9-8-23-12-4-2-1-3-10(9)12/h1-4,8,11,13-14,23H,5-7,20H2,(H2,21,26)(H2,22,27)(H,24,28)(H,25,29)(H,30,31)/t11-,13-,14-/m0/s1. The molecule has 31 heavy (non-hydrogen) atoms. The van der Waals surface area contributed by atoms with Gasteiger partial charge in [-0.25, -0.2) is 4.79 Å². The lowest BCUT2D eigenvalue weighted by atomic mass is 10.0. The van der Waals surface area contributed by atoms with Crippen LogP contribution < -0.4 is 27.8 Å². The van der Waals surface area contributed by atoms with Gasteiger partial charge in [0.25, 0.3) is 0 Å². The van der Waals surface area contributed by atoms with Crippen LogP contribution in [-0.2, 0) is 30.4 Å². The maximum atomic E-state index is 12.6. The molecule has 0 unspecified atom stereocenters. The number of carboxylic acids is 1. The average Bonchev–Trinajstić information content (AvgIpc) is 3.08. The highest BCUT2D eigenvalue weighted by molar-refractivity contribution is 5.96. The first-order valence-electron chi connectivity index (χ1n) is 9.29. The fraction of sp³-hybridized carbons (Fsp3) is 0.316. The van der Waals surface area contributed by atoms with Gasteiger partial charge in [0.1, 0.15) is 12.1 Å². The largest absolute Gasteiger partial charge is 0.480 e. The molecule has 0 saturated heterocycles. The minimum Gasteiger partial charge on any atom is -0.480 e. The highest BCUT2D eigenvalue weighted by atomic mass is 16.4. The summed E-state index contributed by atoms with van der Waals surface area (Å²) in [6.45, 7) is 0. The number of aliphatic carboxylic acids is 1. The van der Waals surface area contributed by atoms with E-state index in [0.29, 0.717) is 5.56 Å². The van der Waals surface area contributed by atoms with Crippen molar-refractivity contribution in [1.82, 2.24) is 15.6 Å². The van der Waals surface area contributed by atoms with E-state index in [0.717, 1.165) is 10.9 Å². The number of para-hydroxylation sites is 1. The van der Waals surface area contributed by atoms with Gasteiger partial charge < -0.3 is 37.9 Å². The Labute approximate surface area is 176 Å². The van der Waals surface area contributed by atoms with E-state index >= 15 is 0 Å². The molecular formula is C19H24N6O6. The van der Waals surface area contributed by atoms with Crippen molar-refractivity contribution in [2.75, 3.05) is 0 Å². The first kappa shape index (κ1) is 23.3. The summed E-state index contributed by atoms with van der Waals surface area (Å²) < 4.78 is 0. The molecule has 0 radical (unpaired) electrons. The van der Waals surface area contributed by atoms with Crippen LogP contribution in [-0.4, -0.2) is 57.8 Å². The van der Waals surface area contributed by atoms with Crippen molar-refractivity contribution in [3.8, 4) is 0 Å². The van der Waals surface area contributed by atoms with Gasteiger partial charge in [0.05, 0.1) is 18.9 Å². The first-order chi connectivity index (χ1) is 14.6. The Bertz CT molecular complexity index is 1000. The zero-order chi connectivity index (χ0) is 23.1. The molecule has 10 N–H and O–H groups in total. The van der Waals surface area contributed by atoms with Crippen molar-refractivity contribution in [2.24, 2.45) is 17.2 Å². The van der Waals surface area contributed by atoms with Crippen LogP contribution in [0.3, 0.4) is 0 Å². The summed E-state index contributed by atoms with van der Waals surface area (Å²) in [5, 5.41) is 14.8. The molecular weight excluding hydrogens is 408 g/mol. The van der Waals surface area contributed by atoms with E-state index in [-0.39, 0.29) is 6.42 Å². The topological polar surface area (TPSA) is 223 Å². The number of aromatic nitrogens is 1. The second-order valence-electron chi connectivity index (χ2n) is 6.97. The molecule has 1 aromatic heterocycles. The molecule has 166 valence electrons. The number of hydrogen-bond donors (Lipinski definition) is 7. The SMILES string of the molecule is NC(=O)C[C@H](NC(=O)[C@@H](N)CC(N)=O)C(=O)N[C@@H](Cc1c[nH]c2ccccc12)C(=O)O. The molecule has 0 aliphatic carbocycles. The van der Waals surface area contributed by atoms with E-state index in [1.807, 2.05) is 12.1 Å². The van der Waals surface area contributed by atoms with Crippen LogP contribution >= 0.6 is 0 Å². The normalized spacial score (nSPS) is 13.7. The predicted octanol–water partition coefficient (Wildman–Crippen LogP) is -2.16. The van der Waals surface area contributed by atoms with Crippen molar-refractivity contribution in [3.63, 3.8) is 0 Å². The molecule has 2 aromatic rings. The third-order valence-electron chi connectivity index (χ3n) is 4.51. The van der Waals surface area contributed by atoms with Gasteiger partial charge in [0, 0.05) is 23.5 Å². The molecule has 2 rings (SSSR count). The molecule has 4 amide bonds. The predicted molar refractivity (Wildman–Crippen MR) is 109 cm³/mol. The fourth-order valence-electron chi connectivity index (χ4n) is 2.99. The molecule has 1 aromatic carbocycles. The van der Waals surface area contributed by atoms with E-state index in [9.17, 15) is 29.1 Å². The van der Waals surface area contributed by atoms with Gasteiger partial charge in [-0.05, 0) is 11.6 Å². The molecule has 3 atom stereocenters. The molecule has 0 aliphatic heterocycles. The molecule has 0 aliphatic rings. The number of rotatable bonds is 11. The Morgan fingerprint density at radius 2 is 1.55 bits per heavy atom. The van der Waals surface area contributed by atoms with Crippen LogP contribution in [0.15, 0.2) is 30.5 Å². The smallest absolute Gasteiger partial charge is 0.326 e. The van der Waals surface area contributed by atoms with E-state index in [1.165, 1.54) is 0 Å². The van der Waals surface area contributed by atoms with Crippen LogP contribution in [0.2, 0.25) is 0 Å². The van der Waals surface area contributed by atoms with Crippen molar-refractivity contribution in [1.29, 1.82) is 0 Å². The van der Waals surface area contributed by atoms with E-state index in [4.69, 9.17) is 17.2 Å². The number of aromatic amines is 1. The maximum absolute atomic E-state index is 12.6. The molecule has 12 heteroatoms. The highest BCUT2D eigenvalue weighted by Crippen LogP contribution is 2.19. The summed E-state index contributed by atoms with van der Waals surface area (Å²) in [6.07, 6.45) is 0.511. The summed E-state index contributed by atoms with van der Waals surface area (Å²) in [5.74, 6) is -4.90. The van der Waals surface area contributed by atoms with Crippen LogP contribution in [0.5, 0.6) is 0 Å². The first-order valence-corrected chi connectivity index (χ1v) is 9.29. The third-order valence-corrected chi connectivity index (χ3v) is 4.51. The summed E-state index contributed by atoms with van der Waals surface area (Å²) >= 11 is 0. The summed E-state index contributed by atoms with van der Waals surface area (Å²) in [4.78, 5) is 61.7. The van der Waals surface area contributed by atoms with Gasteiger partial charge in [-0.2, -0.15) is 0 Å². The summed E-state index contributed by atoms with van der Waals surface area (Å²) in [7, 11) is 0. The minimum atomic E-state index is -1.48. The van der Waals surface area contributed by atoms with Gasteiger partial charge in [-0.1, -0.05) is 18.2 Å². The third kappa shape index (κ3) is 6.54. The molecule has 0 bridgehead atoms. The van der Waals surface area contributed by atoms with Crippen molar-refractivity contribution in [2.45, 2.75) is 37.4 Å². The summed E-state index contributed by atoms with van der Waals surface area (Å²) in [5.41, 5.74) is 17.1. The monoisotopic (exact) mass is 432 g/mol. The number of fused-ring (bicyclic) bond motifs is 1. The number of carboxylic acid groups (broad SMARTS) is 1. The number of benzene rings is 1. The van der Waals surface area contributed by atoms with Gasteiger partial charge in [-0.15, -0.1) is 0 Å². The Kier molecular flexibility index (Phi) is 7.69. The zero-order valence-corrected chi connectivity index (χ0v) is 16.5.